The molecule has 1 aliphatic rings. The summed E-state index contributed by atoms with van der Waals surface area (Å²) in [5.41, 5.74) is 4.92. The van der Waals surface area contributed by atoms with Crippen LogP contribution in [0.2, 0.25) is 0 Å². The zero-order valence-electron chi connectivity index (χ0n) is 17.6. The van der Waals surface area contributed by atoms with Crippen molar-refractivity contribution < 1.29 is 4.79 Å². The number of carbonyl (C=O) groups excluding carboxylic acids is 1. The normalized spacial score (nSPS) is 13.5. The van der Waals surface area contributed by atoms with Gasteiger partial charge in [0.2, 0.25) is 0 Å². The Kier molecular flexibility index (Phi) is 7.68. The van der Waals surface area contributed by atoms with Crippen LogP contribution in [-0.2, 0) is 0 Å². The minimum absolute atomic E-state index is 0.147. The lowest BCUT2D eigenvalue weighted by atomic mass is 9.97. The summed E-state index contributed by atoms with van der Waals surface area (Å²) in [6.07, 6.45) is 11.8. The van der Waals surface area contributed by atoms with E-state index in [1.54, 1.807) is 18.0 Å². The summed E-state index contributed by atoms with van der Waals surface area (Å²) in [6, 6.07) is 9.83. The van der Waals surface area contributed by atoms with Crippen molar-refractivity contribution >= 4 is 23.0 Å². The van der Waals surface area contributed by atoms with Crippen LogP contribution in [0.5, 0.6) is 0 Å². The molecule has 1 aliphatic carbocycles. The SMILES string of the molecule is CCN(CC)c1ccc(NC(=O)c2cncc(NCCC3=CCCCC3)c2)cc1. The van der Waals surface area contributed by atoms with E-state index in [1.807, 2.05) is 30.3 Å². The standard InChI is InChI=1S/C24H32N4O/c1-3-28(4-2)23-12-10-21(11-13-23)27-24(29)20-16-22(18-25-17-20)26-15-14-19-8-6-5-7-9-19/h8,10-13,16-18,26H,3-7,9,14-15H2,1-2H3,(H,27,29). The summed E-state index contributed by atoms with van der Waals surface area (Å²) < 4.78 is 0. The summed E-state index contributed by atoms with van der Waals surface area (Å²) in [5, 5.41) is 6.36. The molecule has 2 N–H and O–H groups in total. The molecule has 0 saturated carbocycles. The molecule has 5 nitrogen and oxygen atoms in total. The first-order valence-electron chi connectivity index (χ1n) is 10.7. The highest BCUT2D eigenvalue weighted by molar-refractivity contribution is 6.04. The van der Waals surface area contributed by atoms with Gasteiger partial charge in [0.1, 0.15) is 0 Å². The second kappa shape index (κ2) is 10.6. The zero-order chi connectivity index (χ0) is 20.5. The van der Waals surface area contributed by atoms with Gasteiger partial charge in [-0.3, -0.25) is 9.78 Å². The quantitative estimate of drug-likeness (QED) is 0.555. The molecule has 3 rings (SSSR count). The Morgan fingerprint density at radius 3 is 2.55 bits per heavy atom. The average Bonchev–Trinajstić information content (AvgIpc) is 2.77. The van der Waals surface area contributed by atoms with Crippen molar-refractivity contribution in [3.63, 3.8) is 0 Å². The van der Waals surface area contributed by atoms with E-state index < -0.39 is 0 Å². The summed E-state index contributed by atoms with van der Waals surface area (Å²) in [7, 11) is 0. The number of rotatable bonds is 9. The average molecular weight is 393 g/mol. The van der Waals surface area contributed by atoms with Gasteiger partial charge in [0, 0.05) is 43.4 Å². The van der Waals surface area contributed by atoms with E-state index in [2.05, 4.69) is 40.4 Å². The lowest BCUT2D eigenvalue weighted by molar-refractivity contribution is 0.102. The number of carbonyl (C=O) groups is 1. The van der Waals surface area contributed by atoms with Crippen molar-refractivity contribution in [2.75, 3.05) is 35.2 Å². The fraction of sp³-hybridized carbons (Fsp3) is 0.417. The monoisotopic (exact) mass is 392 g/mol. The molecule has 0 radical (unpaired) electrons. The molecule has 1 amide bonds. The number of amides is 1. The first-order valence-corrected chi connectivity index (χ1v) is 10.7. The topological polar surface area (TPSA) is 57.3 Å². The molecule has 29 heavy (non-hydrogen) atoms. The third-order valence-corrected chi connectivity index (χ3v) is 5.41. The second-order valence-corrected chi connectivity index (χ2v) is 7.42. The molecule has 0 atom stereocenters. The number of anilines is 3. The Morgan fingerprint density at radius 2 is 1.86 bits per heavy atom. The van der Waals surface area contributed by atoms with Crippen molar-refractivity contribution in [3.05, 3.63) is 59.9 Å². The highest BCUT2D eigenvalue weighted by atomic mass is 16.1. The maximum atomic E-state index is 12.6. The van der Waals surface area contributed by atoms with Gasteiger partial charge in [0.25, 0.3) is 5.91 Å². The maximum Gasteiger partial charge on any atom is 0.257 e. The van der Waals surface area contributed by atoms with E-state index in [1.165, 1.54) is 25.7 Å². The van der Waals surface area contributed by atoms with Gasteiger partial charge in [-0.1, -0.05) is 11.6 Å². The minimum Gasteiger partial charge on any atom is -0.383 e. The van der Waals surface area contributed by atoms with Crippen LogP contribution in [0.25, 0.3) is 0 Å². The van der Waals surface area contributed by atoms with E-state index in [0.29, 0.717) is 5.56 Å². The molecule has 5 heteroatoms. The van der Waals surface area contributed by atoms with Gasteiger partial charge in [-0.15, -0.1) is 0 Å². The van der Waals surface area contributed by atoms with Gasteiger partial charge < -0.3 is 15.5 Å². The lowest BCUT2D eigenvalue weighted by Gasteiger charge is -2.21. The van der Waals surface area contributed by atoms with Gasteiger partial charge in [0.05, 0.1) is 11.3 Å². The molecule has 0 aliphatic heterocycles. The van der Waals surface area contributed by atoms with Crippen LogP contribution >= 0.6 is 0 Å². The second-order valence-electron chi connectivity index (χ2n) is 7.42. The molecular formula is C24H32N4O. The number of aromatic nitrogens is 1. The number of nitrogens with zero attached hydrogens (tertiary/aromatic N) is 2. The Bertz CT molecular complexity index is 825. The predicted molar refractivity (Wildman–Crippen MR) is 122 cm³/mol. The number of hydrogen-bond acceptors (Lipinski definition) is 4. The Hall–Kier alpha value is -2.82. The van der Waals surface area contributed by atoms with Gasteiger partial charge in [-0.2, -0.15) is 0 Å². The zero-order valence-corrected chi connectivity index (χ0v) is 17.6. The van der Waals surface area contributed by atoms with Crippen LogP contribution in [0.15, 0.2) is 54.4 Å². The fourth-order valence-electron chi connectivity index (χ4n) is 3.71. The smallest absolute Gasteiger partial charge is 0.257 e. The molecular weight excluding hydrogens is 360 g/mol. The third kappa shape index (κ3) is 6.08. The van der Waals surface area contributed by atoms with E-state index in [0.717, 1.165) is 43.1 Å². The van der Waals surface area contributed by atoms with Crippen LogP contribution < -0.4 is 15.5 Å². The van der Waals surface area contributed by atoms with Crippen LogP contribution in [0.1, 0.15) is 56.3 Å². The van der Waals surface area contributed by atoms with Gasteiger partial charge >= 0.3 is 0 Å². The summed E-state index contributed by atoms with van der Waals surface area (Å²) in [4.78, 5) is 19.1. The third-order valence-electron chi connectivity index (χ3n) is 5.41. The summed E-state index contributed by atoms with van der Waals surface area (Å²) in [6.45, 7) is 7.07. The van der Waals surface area contributed by atoms with Crippen LogP contribution in [0, 0.1) is 0 Å². The highest BCUT2D eigenvalue weighted by Gasteiger charge is 2.09. The lowest BCUT2D eigenvalue weighted by Crippen LogP contribution is -2.21. The maximum absolute atomic E-state index is 12.6. The summed E-state index contributed by atoms with van der Waals surface area (Å²) in [5.74, 6) is -0.147. The Labute approximate surface area is 174 Å². The van der Waals surface area contributed by atoms with Gasteiger partial charge in [0.15, 0.2) is 0 Å². The van der Waals surface area contributed by atoms with E-state index in [9.17, 15) is 4.79 Å². The van der Waals surface area contributed by atoms with E-state index >= 15 is 0 Å². The molecule has 0 fully saturated rings. The number of allylic oxidation sites excluding steroid dienone is 1. The number of nitrogens with one attached hydrogen (secondary N) is 2. The fourth-order valence-corrected chi connectivity index (χ4v) is 3.71. The van der Waals surface area contributed by atoms with Crippen LogP contribution in [-0.4, -0.2) is 30.5 Å². The molecule has 1 heterocycles. The molecule has 0 saturated heterocycles. The van der Waals surface area contributed by atoms with Gasteiger partial charge in [-0.05, 0) is 76.3 Å². The molecule has 0 bridgehead atoms. The number of pyridine rings is 1. The first-order chi connectivity index (χ1) is 14.2. The van der Waals surface area contributed by atoms with Crippen molar-refractivity contribution in [2.24, 2.45) is 0 Å². The van der Waals surface area contributed by atoms with Gasteiger partial charge in [-0.25, -0.2) is 0 Å². The van der Waals surface area contributed by atoms with Crippen molar-refractivity contribution in [3.8, 4) is 0 Å². The van der Waals surface area contributed by atoms with Crippen LogP contribution in [0.4, 0.5) is 17.1 Å². The number of hydrogen-bond donors (Lipinski definition) is 2. The summed E-state index contributed by atoms with van der Waals surface area (Å²) >= 11 is 0. The van der Waals surface area contributed by atoms with E-state index in [4.69, 9.17) is 0 Å². The van der Waals surface area contributed by atoms with Crippen LogP contribution in [0.3, 0.4) is 0 Å². The highest BCUT2D eigenvalue weighted by Crippen LogP contribution is 2.21. The molecule has 1 aromatic heterocycles. The molecule has 1 aromatic carbocycles. The van der Waals surface area contributed by atoms with Crippen molar-refractivity contribution in [1.29, 1.82) is 0 Å². The van der Waals surface area contributed by atoms with E-state index in [-0.39, 0.29) is 5.91 Å². The molecule has 2 aromatic rings. The first kappa shape index (κ1) is 20.9. The molecule has 0 unspecified atom stereocenters. The molecule has 154 valence electrons. The van der Waals surface area contributed by atoms with Crippen molar-refractivity contribution in [1.82, 2.24) is 4.98 Å². The molecule has 0 spiro atoms. The predicted octanol–water partition coefficient (Wildman–Crippen LogP) is 5.48. The largest absolute Gasteiger partial charge is 0.383 e. The van der Waals surface area contributed by atoms with Crippen molar-refractivity contribution in [2.45, 2.75) is 46.0 Å². The minimum atomic E-state index is -0.147. The Balaban J connectivity index is 1.55. The Morgan fingerprint density at radius 1 is 1.07 bits per heavy atom. The number of benzene rings is 1.